The van der Waals surface area contributed by atoms with Crippen LogP contribution in [0.15, 0.2) is 223 Å². The van der Waals surface area contributed by atoms with Crippen molar-refractivity contribution in [2.24, 2.45) is 10.1 Å². The third kappa shape index (κ3) is 7.83. The minimum Gasteiger partial charge on any atom is -0.261 e. The van der Waals surface area contributed by atoms with Crippen molar-refractivity contribution >= 4 is 6.72 Å². The van der Waals surface area contributed by atoms with Gasteiger partial charge in [0.2, 0.25) is 0 Å². The lowest BCUT2D eigenvalue weighted by Gasteiger charge is -2.12. The lowest BCUT2D eigenvalue weighted by molar-refractivity contribution is 0.789. The van der Waals surface area contributed by atoms with Gasteiger partial charge in [-0.05, 0) is 51.1 Å². The van der Waals surface area contributed by atoms with Crippen LogP contribution in [0.4, 0.5) is 0 Å². The van der Waals surface area contributed by atoms with Gasteiger partial charge in [0.05, 0.1) is 17.9 Å². The number of benzene rings is 7. The fraction of sp³-hybridized carbons (Fsp3) is 0.0189. The van der Waals surface area contributed by atoms with E-state index in [2.05, 4.69) is 157 Å². The zero-order valence-electron chi connectivity index (χ0n) is 31.9. The molecule has 58 heavy (non-hydrogen) atoms. The van der Waals surface area contributed by atoms with Crippen LogP contribution in [-0.4, -0.2) is 21.4 Å². The van der Waals surface area contributed by atoms with Crippen molar-refractivity contribution in [3.05, 3.63) is 224 Å². The van der Waals surface area contributed by atoms with Gasteiger partial charge in [0, 0.05) is 40.7 Å². The average Bonchev–Trinajstić information content (AvgIpc) is 3.32. The molecule has 0 atom stereocenters. The van der Waals surface area contributed by atoms with Crippen molar-refractivity contribution in [1.29, 1.82) is 0 Å². The van der Waals surface area contributed by atoms with Gasteiger partial charge in [0.25, 0.3) is 0 Å². The van der Waals surface area contributed by atoms with E-state index in [0.29, 0.717) is 12.4 Å². The van der Waals surface area contributed by atoms with Gasteiger partial charge in [0.1, 0.15) is 0 Å². The van der Waals surface area contributed by atoms with E-state index >= 15 is 0 Å². The average molecular weight is 746 g/mol. The molecular weight excluding hydrogens is 707 g/mol. The third-order valence-electron chi connectivity index (χ3n) is 10.3. The summed E-state index contributed by atoms with van der Waals surface area (Å²) in [6.07, 6.45) is 1.99. The van der Waals surface area contributed by atoms with Crippen LogP contribution in [0.25, 0.3) is 78.4 Å². The lowest BCUT2D eigenvalue weighted by Crippen LogP contribution is -2.20. The SMILES string of the molecule is C=Nn1cc(-c2ccccc2)cc(-c2ccccc2)c1=NCc1ccc(-c2ccc(-c3cc(-c4ccc(-c5ccccc5)cc4)nc(-c4ccccc4)n3)cc2)cc1. The fourth-order valence-electron chi connectivity index (χ4n) is 7.18. The van der Waals surface area contributed by atoms with E-state index < -0.39 is 0 Å². The highest BCUT2D eigenvalue weighted by molar-refractivity contribution is 5.76. The van der Waals surface area contributed by atoms with E-state index in [-0.39, 0.29) is 0 Å². The van der Waals surface area contributed by atoms with Crippen molar-refractivity contribution in [1.82, 2.24) is 14.6 Å². The Labute approximate surface area is 338 Å². The predicted molar refractivity (Wildman–Crippen MR) is 239 cm³/mol. The van der Waals surface area contributed by atoms with Crippen molar-refractivity contribution in [2.45, 2.75) is 6.54 Å². The maximum absolute atomic E-state index is 5.10. The number of hydrogen-bond acceptors (Lipinski definition) is 4. The van der Waals surface area contributed by atoms with Gasteiger partial charge in [0.15, 0.2) is 11.3 Å². The second-order valence-corrected chi connectivity index (χ2v) is 14.0. The highest BCUT2D eigenvalue weighted by Gasteiger charge is 2.13. The number of hydrogen-bond donors (Lipinski definition) is 0. The van der Waals surface area contributed by atoms with E-state index in [1.165, 1.54) is 11.1 Å². The Morgan fingerprint density at radius 1 is 0.397 bits per heavy atom. The van der Waals surface area contributed by atoms with E-state index in [1.807, 2.05) is 66.9 Å². The third-order valence-corrected chi connectivity index (χ3v) is 10.3. The van der Waals surface area contributed by atoms with Crippen LogP contribution in [-0.2, 0) is 6.54 Å². The van der Waals surface area contributed by atoms with Crippen LogP contribution in [0.2, 0.25) is 0 Å². The highest BCUT2D eigenvalue weighted by Crippen LogP contribution is 2.31. The summed E-state index contributed by atoms with van der Waals surface area (Å²) in [6, 6.07) is 71.3. The quantitative estimate of drug-likeness (QED) is 0.131. The number of nitrogens with zero attached hydrogens (tertiary/aromatic N) is 5. The number of rotatable bonds is 10. The van der Waals surface area contributed by atoms with Crippen LogP contribution in [0, 0.1) is 0 Å². The minimum atomic E-state index is 0.494. The molecule has 276 valence electrons. The van der Waals surface area contributed by atoms with Crippen LogP contribution in [0.1, 0.15) is 5.56 Å². The molecule has 9 rings (SSSR count). The van der Waals surface area contributed by atoms with Crippen molar-refractivity contribution in [3.8, 4) is 78.4 Å². The fourth-order valence-corrected chi connectivity index (χ4v) is 7.18. The first kappa shape index (κ1) is 35.9. The molecule has 0 unspecified atom stereocenters. The zero-order valence-corrected chi connectivity index (χ0v) is 31.9. The van der Waals surface area contributed by atoms with E-state index in [0.717, 1.165) is 72.5 Å². The second-order valence-electron chi connectivity index (χ2n) is 14.0. The maximum atomic E-state index is 5.10. The van der Waals surface area contributed by atoms with Gasteiger partial charge in [-0.25, -0.2) is 14.6 Å². The Morgan fingerprint density at radius 3 is 1.28 bits per heavy atom. The second kappa shape index (κ2) is 16.5. The summed E-state index contributed by atoms with van der Waals surface area (Å²) in [7, 11) is 0. The Hall–Kier alpha value is -7.76. The van der Waals surface area contributed by atoms with Crippen LogP contribution >= 0.6 is 0 Å². The molecule has 2 heterocycles. The van der Waals surface area contributed by atoms with Crippen LogP contribution < -0.4 is 5.49 Å². The molecule has 0 aliphatic heterocycles. The highest BCUT2D eigenvalue weighted by atomic mass is 15.3. The number of pyridine rings is 1. The largest absolute Gasteiger partial charge is 0.261 e. The van der Waals surface area contributed by atoms with E-state index in [9.17, 15) is 0 Å². The molecule has 2 aromatic heterocycles. The molecule has 5 nitrogen and oxygen atoms in total. The Bertz CT molecular complexity index is 2870. The van der Waals surface area contributed by atoms with Gasteiger partial charge < -0.3 is 0 Å². The molecule has 0 saturated heterocycles. The van der Waals surface area contributed by atoms with Gasteiger partial charge in [-0.3, -0.25) is 4.99 Å². The molecule has 0 amide bonds. The summed E-state index contributed by atoms with van der Waals surface area (Å²) >= 11 is 0. The van der Waals surface area contributed by atoms with Gasteiger partial charge in [-0.1, -0.05) is 194 Å². The topological polar surface area (TPSA) is 55.4 Å². The molecule has 5 heteroatoms. The van der Waals surface area contributed by atoms with Gasteiger partial charge in [-0.2, -0.15) is 5.10 Å². The summed E-state index contributed by atoms with van der Waals surface area (Å²) in [5.74, 6) is 0.697. The summed E-state index contributed by atoms with van der Waals surface area (Å²) < 4.78 is 1.78. The van der Waals surface area contributed by atoms with E-state index in [4.69, 9.17) is 15.0 Å². The standard InChI is InChI=1S/C53H39N5/c1-54-58-37-48(40-16-8-3-9-17-40)34-49(44-18-10-4-11-19-44)53(58)55-36-38-22-24-41(25-23-38)43-28-32-46(33-29-43)51-35-50(56-52(57-51)47-20-12-5-13-21-47)45-30-26-42(27-31-45)39-14-6-2-7-15-39/h2-35,37H,1,36H2. The molecule has 0 fully saturated rings. The molecule has 0 aliphatic carbocycles. The minimum absolute atomic E-state index is 0.494. The molecule has 0 saturated carbocycles. The Morgan fingerprint density at radius 2 is 0.793 bits per heavy atom. The molecule has 0 N–H and O–H groups in total. The monoisotopic (exact) mass is 745 g/mol. The van der Waals surface area contributed by atoms with Gasteiger partial charge in [-0.15, -0.1) is 0 Å². The zero-order chi connectivity index (χ0) is 39.1. The van der Waals surface area contributed by atoms with Gasteiger partial charge >= 0.3 is 0 Å². The molecule has 0 bridgehead atoms. The van der Waals surface area contributed by atoms with Crippen molar-refractivity contribution in [2.75, 3.05) is 0 Å². The summed E-state index contributed by atoms with van der Waals surface area (Å²) in [4.78, 5) is 15.2. The van der Waals surface area contributed by atoms with E-state index in [1.54, 1.807) is 4.68 Å². The normalized spacial score (nSPS) is 11.3. The predicted octanol–water partition coefficient (Wildman–Crippen LogP) is 12.5. The Balaban J connectivity index is 0.989. The first-order valence-electron chi connectivity index (χ1n) is 19.3. The maximum Gasteiger partial charge on any atom is 0.160 e. The smallest absolute Gasteiger partial charge is 0.160 e. The summed E-state index contributed by atoms with van der Waals surface area (Å²) in [5, 5.41) is 4.36. The first-order valence-corrected chi connectivity index (χ1v) is 19.3. The first-order chi connectivity index (χ1) is 28.7. The van der Waals surface area contributed by atoms with Crippen LogP contribution in [0.5, 0.6) is 0 Å². The molecule has 0 radical (unpaired) electrons. The molecule has 0 aliphatic rings. The molecule has 7 aromatic carbocycles. The van der Waals surface area contributed by atoms with Crippen LogP contribution in [0.3, 0.4) is 0 Å². The van der Waals surface area contributed by atoms with Crippen molar-refractivity contribution in [3.63, 3.8) is 0 Å². The lowest BCUT2D eigenvalue weighted by atomic mass is 10.00. The Kier molecular flexibility index (Phi) is 10.2. The molecule has 9 aromatic rings. The molecular formula is C53H39N5. The summed E-state index contributed by atoms with van der Waals surface area (Å²) in [6.45, 7) is 4.38. The summed E-state index contributed by atoms with van der Waals surface area (Å²) in [5.41, 5.74) is 15.5. The number of aromatic nitrogens is 3. The molecule has 0 spiro atoms. The van der Waals surface area contributed by atoms with Crippen molar-refractivity contribution < 1.29 is 0 Å².